The summed E-state index contributed by atoms with van der Waals surface area (Å²) in [6, 6.07) is 9.55. The number of methoxy groups -OCH3 is 3. The van der Waals surface area contributed by atoms with Crippen LogP contribution < -0.4 is 19.1 Å². The van der Waals surface area contributed by atoms with Gasteiger partial charge >= 0.3 is 0 Å². The van der Waals surface area contributed by atoms with Gasteiger partial charge in [0.2, 0.25) is 5.78 Å². The highest BCUT2D eigenvalue weighted by Crippen LogP contribution is 2.41. The van der Waals surface area contributed by atoms with Crippen LogP contribution in [0.3, 0.4) is 0 Å². The predicted molar refractivity (Wildman–Crippen MR) is 122 cm³/mol. The van der Waals surface area contributed by atoms with Crippen molar-refractivity contribution in [3.05, 3.63) is 53.1 Å². The largest absolute Gasteiger partial charge is 0.497 e. The van der Waals surface area contributed by atoms with Gasteiger partial charge in [-0.2, -0.15) is 0 Å². The number of quaternary nitrogens is 1. The number of hydrogen-bond acceptors (Lipinski definition) is 6. The highest BCUT2D eigenvalue weighted by Gasteiger charge is 2.52. The van der Waals surface area contributed by atoms with Gasteiger partial charge in [-0.05, 0) is 48.4 Å². The number of ether oxygens (including phenoxy) is 3. The molecule has 2 atom stereocenters. The van der Waals surface area contributed by atoms with Gasteiger partial charge in [-0.1, -0.05) is 6.07 Å². The van der Waals surface area contributed by atoms with E-state index in [1.807, 2.05) is 14.1 Å². The number of carbonyl (C=O) groups is 3. The average Bonchev–Trinajstić information content (AvgIpc) is 3.06. The van der Waals surface area contributed by atoms with Crippen molar-refractivity contribution >= 4 is 17.5 Å². The minimum atomic E-state index is -1.15. The predicted octanol–water partition coefficient (Wildman–Crippen LogP) is 1.12. The third-order valence-corrected chi connectivity index (χ3v) is 5.99. The van der Waals surface area contributed by atoms with E-state index in [4.69, 9.17) is 14.2 Å². The van der Waals surface area contributed by atoms with Crippen LogP contribution >= 0.6 is 0 Å². The van der Waals surface area contributed by atoms with E-state index < -0.39 is 23.7 Å². The molecule has 1 aliphatic rings. The number of nitrogens with one attached hydrogen (secondary N) is 1. The van der Waals surface area contributed by atoms with Crippen molar-refractivity contribution in [2.24, 2.45) is 5.92 Å². The van der Waals surface area contributed by atoms with Crippen LogP contribution in [0.2, 0.25) is 0 Å². The average molecular weight is 456 g/mol. The highest BCUT2D eigenvalue weighted by atomic mass is 16.5. The molecule has 2 unspecified atom stereocenters. The summed E-state index contributed by atoms with van der Waals surface area (Å²) in [5.41, 5.74) is 1.72. The zero-order chi connectivity index (χ0) is 24.3. The van der Waals surface area contributed by atoms with Crippen LogP contribution in [0.4, 0.5) is 0 Å². The molecule has 8 nitrogen and oxygen atoms in total. The number of benzene rings is 2. The quantitative estimate of drug-likeness (QED) is 0.346. The fourth-order valence-electron chi connectivity index (χ4n) is 4.19. The molecule has 176 valence electrons. The van der Waals surface area contributed by atoms with Crippen molar-refractivity contribution in [2.75, 3.05) is 48.5 Å². The molecule has 0 saturated carbocycles. The Kier molecular flexibility index (Phi) is 7.38. The topological polar surface area (TPSA) is 86.6 Å². The summed E-state index contributed by atoms with van der Waals surface area (Å²) < 4.78 is 16.0. The molecule has 3 rings (SSSR count). The fourth-order valence-corrected chi connectivity index (χ4v) is 4.19. The van der Waals surface area contributed by atoms with Gasteiger partial charge in [-0.3, -0.25) is 14.4 Å². The number of Topliss-reactive ketones (excluding diaryl/α,β-unsaturated/α-hetero) is 2. The Bertz CT molecular complexity index is 1060. The Labute approximate surface area is 194 Å². The Morgan fingerprint density at radius 3 is 2.24 bits per heavy atom. The summed E-state index contributed by atoms with van der Waals surface area (Å²) in [7, 11) is 8.54. The standard InChI is InChI=1S/C25H30N2O6/c1-15-13-17(31-4)8-9-18(15)23(28)21-22(16-7-10-19(32-5)20(14-16)33-6)27(12-11-26(2)3)25(30)24(21)29/h7-10,13-14,21-22H,11-12H2,1-6H3/p+1. The summed E-state index contributed by atoms with van der Waals surface area (Å²) in [5.74, 6) is -1.26. The van der Waals surface area contributed by atoms with Crippen LogP contribution in [0.1, 0.15) is 27.5 Å². The summed E-state index contributed by atoms with van der Waals surface area (Å²) in [5, 5.41) is 0. The number of carbonyl (C=O) groups excluding carboxylic acids is 3. The number of likely N-dealkylation sites (tertiary alicyclic amines) is 1. The number of ketones is 2. The van der Waals surface area contributed by atoms with Gasteiger partial charge in [0.1, 0.15) is 11.7 Å². The van der Waals surface area contributed by atoms with Crippen molar-refractivity contribution in [1.82, 2.24) is 4.90 Å². The van der Waals surface area contributed by atoms with E-state index in [9.17, 15) is 14.4 Å². The molecule has 1 N–H and O–H groups in total. The number of rotatable bonds is 9. The van der Waals surface area contributed by atoms with Crippen LogP contribution in [0.25, 0.3) is 0 Å². The molecule has 0 aromatic heterocycles. The van der Waals surface area contributed by atoms with Crippen molar-refractivity contribution in [2.45, 2.75) is 13.0 Å². The Balaban J connectivity index is 2.11. The monoisotopic (exact) mass is 455 g/mol. The van der Waals surface area contributed by atoms with Crippen LogP contribution in [-0.2, 0) is 9.59 Å². The lowest BCUT2D eigenvalue weighted by molar-refractivity contribution is -0.857. The minimum Gasteiger partial charge on any atom is -0.497 e. The molecule has 0 radical (unpaired) electrons. The van der Waals surface area contributed by atoms with Gasteiger partial charge in [-0.15, -0.1) is 0 Å². The Hall–Kier alpha value is -3.39. The van der Waals surface area contributed by atoms with E-state index in [0.717, 1.165) is 4.90 Å². The number of nitrogens with zero attached hydrogens (tertiary/aromatic N) is 1. The third kappa shape index (κ3) is 4.71. The molecule has 8 heteroatoms. The lowest BCUT2D eigenvalue weighted by atomic mass is 9.85. The lowest BCUT2D eigenvalue weighted by Gasteiger charge is -2.28. The van der Waals surface area contributed by atoms with E-state index in [2.05, 4.69) is 0 Å². The van der Waals surface area contributed by atoms with Crippen LogP contribution in [-0.4, -0.2) is 70.9 Å². The van der Waals surface area contributed by atoms with Gasteiger partial charge in [0.15, 0.2) is 17.3 Å². The maximum absolute atomic E-state index is 13.7. The van der Waals surface area contributed by atoms with Crippen molar-refractivity contribution < 1.29 is 33.5 Å². The summed E-state index contributed by atoms with van der Waals surface area (Å²) in [6.45, 7) is 2.76. The molecule has 0 spiro atoms. The maximum Gasteiger partial charge on any atom is 0.291 e. The van der Waals surface area contributed by atoms with E-state index in [0.29, 0.717) is 47.0 Å². The summed E-state index contributed by atoms with van der Waals surface area (Å²) in [6.07, 6.45) is 0. The molecule has 0 bridgehead atoms. The minimum absolute atomic E-state index is 0.345. The number of hydrogen-bond donors (Lipinski definition) is 1. The molecule has 1 amide bonds. The van der Waals surface area contributed by atoms with E-state index >= 15 is 0 Å². The maximum atomic E-state index is 13.7. The molecular weight excluding hydrogens is 424 g/mol. The van der Waals surface area contributed by atoms with Gasteiger partial charge in [0.05, 0.1) is 54.6 Å². The van der Waals surface area contributed by atoms with E-state index in [-0.39, 0.29) is 5.78 Å². The van der Waals surface area contributed by atoms with Gasteiger partial charge in [0, 0.05) is 5.56 Å². The van der Waals surface area contributed by atoms with Crippen molar-refractivity contribution in [1.29, 1.82) is 0 Å². The Morgan fingerprint density at radius 1 is 0.970 bits per heavy atom. The first-order valence-corrected chi connectivity index (χ1v) is 10.8. The summed E-state index contributed by atoms with van der Waals surface area (Å²) >= 11 is 0. The number of likely N-dealkylation sites (N-methyl/N-ethyl adjacent to an activating group) is 1. The molecule has 1 saturated heterocycles. The van der Waals surface area contributed by atoms with E-state index in [1.54, 1.807) is 50.4 Å². The Morgan fingerprint density at radius 2 is 1.67 bits per heavy atom. The first-order chi connectivity index (χ1) is 15.7. The second kappa shape index (κ2) is 10.0. The molecule has 2 aromatic carbocycles. The third-order valence-electron chi connectivity index (χ3n) is 5.99. The highest BCUT2D eigenvalue weighted by molar-refractivity contribution is 6.44. The molecule has 2 aromatic rings. The molecule has 0 aliphatic carbocycles. The van der Waals surface area contributed by atoms with Gasteiger partial charge in [-0.25, -0.2) is 0 Å². The van der Waals surface area contributed by atoms with E-state index in [1.165, 1.54) is 19.1 Å². The normalized spacial score (nSPS) is 18.1. The number of amides is 1. The molecule has 1 fully saturated rings. The smallest absolute Gasteiger partial charge is 0.291 e. The second-order valence-corrected chi connectivity index (χ2v) is 8.40. The molecule has 1 aliphatic heterocycles. The second-order valence-electron chi connectivity index (χ2n) is 8.40. The van der Waals surface area contributed by atoms with Crippen LogP contribution in [0.5, 0.6) is 17.2 Å². The van der Waals surface area contributed by atoms with Crippen molar-refractivity contribution in [3.63, 3.8) is 0 Å². The molecule has 1 heterocycles. The van der Waals surface area contributed by atoms with Crippen LogP contribution in [0, 0.1) is 12.8 Å². The molecule has 33 heavy (non-hydrogen) atoms. The van der Waals surface area contributed by atoms with Gasteiger partial charge < -0.3 is 24.0 Å². The zero-order valence-electron chi connectivity index (χ0n) is 19.9. The van der Waals surface area contributed by atoms with Crippen molar-refractivity contribution in [3.8, 4) is 17.2 Å². The lowest BCUT2D eigenvalue weighted by Crippen LogP contribution is -3.06. The molecular formula is C25H31N2O6+. The SMILES string of the molecule is COc1ccc(C(=O)C2C(=O)C(=O)N(CC[NH+](C)C)C2c2ccc(OC)c(OC)c2)c(C)c1. The first-order valence-electron chi connectivity index (χ1n) is 10.8. The van der Waals surface area contributed by atoms with Gasteiger partial charge in [0.25, 0.3) is 5.91 Å². The first kappa shape index (κ1) is 24.3. The van der Waals surface area contributed by atoms with Crippen LogP contribution in [0.15, 0.2) is 36.4 Å². The summed E-state index contributed by atoms with van der Waals surface area (Å²) in [4.78, 5) is 42.5. The fraction of sp³-hybridized carbons (Fsp3) is 0.400. The number of aryl methyl sites for hydroxylation is 1. The zero-order valence-corrected chi connectivity index (χ0v) is 19.9.